The van der Waals surface area contributed by atoms with Crippen molar-refractivity contribution in [3.8, 4) is 17.1 Å². The van der Waals surface area contributed by atoms with Crippen molar-refractivity contribution >= 4 is 44.9 Å². The van der Waals surface area contributed by atoms with Crippen LogP contribution in [0.15, 0.2) is 53.5 Å². The third-order valence-electron chi connectivity index (χ3n) is 13.7. The number of amides is 1. The maximum atomic E-state index is 12.9. The highest BCUT2D eigenvalue weighted by molar-refractivity contribution is 7.85. The molecule has 1 amide bonds. The van der Waals surface area contributed by atoms with Gasteiger partial charge in [-0.25, -0.2) is 4.99 Å². The number of fused-ring (bicyclic) bond motifs is 1. The van der Waals surface area contributed by atoms with Crippen LogP contribution in [0.2, 0.25) is 10.0 Å². The standard InChI is InChI=1S/C36H75N.C22H18Cl2N2O5S/c1-4-7-10-13-16-19-22-25-28-31-34-37(35-32-29-26-23-20-17-14-11-8-5-2)36-33-30-27-24-21-18-15-12-9-6-3;23-15-7-3-13(4-8-15)19-17-18(21(27)25-19)20(14-5-9-16(24)10-6-14)26(22(17)28)11-1-2-12-32(29,30)31/h4-36H2,1-3H3;3-10,28H,1-2,11-12H2,(H,29,30,31). The molecule has 3 aromatic rings. The van der Waals surface area contributed by atoms with Gasteiger partial charge in [-0.1, -0.05) is 242 Å². The Labute approximate surface area is 430 Å². The van der Waals surface area contributed by atoms with E-state index in [9.17, 15) is 18.3 Å². The number of unbranched alkanes of at least 4 members (excludes halogenated alkanes) is 28. The third-order valence-corrected chi connectivity index (χ3v) is 15.0. The number of aromatic nitrogens is 1. The lowest BCUT2D eigenvalue weighted by atomic mass is 10.0. The van der Waals surface area contributed by atoms with E-state index in [1.165, 1.54) is 212 Å². The SMILES string of the molecule is CCCCCCCCCCCCN(CCCCCCCCCCCC)CCCCCCCCCCCC.O=C1N=C(c2ccc(Cl)cc2)c2c1c(-c1ccc(Cl)cc1)n(CCCCS(=O)(=O)O)c2O. The fourth-order valence-electron chi connectivity index (χ4n) is 9.55. The quantitative estimate of drug-likeness (QED) is 0.0433. The number of rotatable bonds is 40. The van der Waals surface area contributed by atoms with Gasteiger partial charge in [-0.15, -0.1) is 0 Å². The lowest BCUT2D eigenvalue weighted by molar-refractivity contribution is 0.101. The van der Waals surface area contributed by atoms with Gasteiger partial charge in [-0.2, -0.15) is 8.42 Å². The molecule has 1 aromatic heterocycles. The Kier molecular flexibility index (Phi) is 32.6. The molecule has 8 nitrogen and oxygen atoms in total. The minimum atomic E-state index is -4.08. The molecule has 0 fully saturated rings. The van der Waals surface area contributed by atoms with Gasteiger partial charge in [-0.3, -0.25) is 9.35 Å². The normalized spacial score (nSPS) is 12.4. The van der Waals surface area contributed by atoms with Crippen LogP contribution in [-0.4, -0.2) is 64.6 Å². The van der Waals surface area contributed by atoms with Crippen molar-refractivity contribution < 1.29 is 22.9 Å². The van der Waals surface area contributed by atoms with Gasteiger partial charge in [0.2, 0.25) is 5.88 Å². The van der Waals surface area contributed by atoms with Gasteiger partial charge < -0.3 is 14.6 Å². The van der Waals surface area contributed by atoms with Gasteiger partial charge in [0.05, 0.1) is 28.3 Å². The number of aliphatic imine (C=N–C) groups is 1. The van der Waals surface area contributed by atoms with E-state index >= 15 is 0 Å². The maximum Gasteiger partial charge on any atom is 0.280 e. The molecule has 0 atom stereocenters. The Morgan fingerprint density at radius 2 is 0.841 bits per heavy atom. The predicted octanol–water partition coefficient (Wildman–Crippen LogP) is 17.9. The second-order valence-corrected chi connectivity index (χ2v) is 22.2. The first-order valence-electron chi connectivity index (χ1n) is 27.8. The summed E-state index contributed by atoms with van der Waals surface area (Å²) in [5.41, 5.74) is 2.68. The van der Waals surface area contributed by atoms with E-state index in [1.54, 1.807) is 53.1 Å². The van der Waals surface area contributed by atoms with E-state index in [-0.39, 0.29) is 30.2 Å². The summed E-state index contributed by atoms with van der Waals surface area (Å²) in [6.07, 6.45) is 44.1. The van der Waals surface area contributed by atoms with Crippen molar-refractivity contribution in [2.45, 2.75) is 233 Å². The van der Waals surface area contributed by atoms with Crippen LogP contribution in [0.4, 0.5) is 0 Å². The first-order chi connectivity index (χ1) is 33.5. The smallest absolute Gasteiger partial charge is 0.280 e. The molecule has 0 spiro atoms. The number of hydrogen-bond donors (Lipinski definition) is 2. The summed E-state index contributed by atoms with van der Waals surface area (Å²) < 4.78 is 32.6. The van der Waals surface area contributed by atoms with Crippen molar-refractivity contribution in [2.75, 3.05) is 25.4 Å². The van der Waals surface area contributed by atoms with Gasteiger partial charge in [0.1, 0.15) is 0 Å². The van der Waals surface area contributed by atoms with Gasteiger partial charge >= 0.3 is 0 Å². The highest BCUT2D eigenvalue weighted by Gasteiger charge is 2.36. The van der Waals surface area contributed by atoms with E-state index in [0.29, 0.717) is 44.6 Å². The molecule has 4 rings (SSSR count). The van der Waals surface area contributed by atoms with Crippen molar-refractivity contribution in [2.24, 2.45) is 4.99 Å². The Balaban J connectivity index is 0.000000368. The molecule has 1 aliphatic heterocycles. The van der Waals surface area contributed by atoms with E-state index in [1.807, 2.05) is 0 Å². The summed E-state index contributed by atoms with van der Waals surface area (Å²) in [5, 5.41) is 12.2. The lowest BCUT2D eigenvalue weighted by Gasteiger charge is -2.22. The first-order valence-corrected chi connectivity index (χ1v) is 30.1. The van der Waals surface area contributed by atoms with Crippen LogP contribution in [0.1, 0.15) is 248 Å². The molecule has 0 radical (unpaired) electrons. The topological polar surface area (TPSA) is 112 Å². The molecule has 11 heteroatoms. The molecule has 2 heterocycles. The zero-order valence-electron chi connectivity index (χ0n) is 43.4. The predicted molar refractivity (Wildman–Crippen MR) is 296 cm³/mol. The van der Waals surface area contributed by atoms with E-state index in [0.717, 1.165) is 0 Å². The summed E-state index contributed by atoms with van der Waals surface area (Å²) in [7, 11) is -4.08. The number of hydrogen-bond acceptors (Lipinski definition) is 5. The average molecular weight is 1020 g/mol. The van der Waals surface area contributed by atoms with Gasteiger partial charge in [0.25, 0.3) is 16.0 Å². The van der Waals surface area contributed by atoms with E-state index in [2.05, 4.69) is 30.7 Å². The number of carbonyl (C=O) groups is 1. The van der Waals surface area contributed by atoms with Crippen LogP contribution in [0.25, 0.3) is 11.3 Å². The zero-order valence-corrected chi connectivity index (χ0v) is 45.7. The largest absolute Gasteiger partial charge is 0.494 e. The van der Waals surface area contributed by atoms with E-state index < -0.39 is 16.0 Å². The van der Waals surface area contributed by atoms with Crippen LogP contribution in [-0.2, 0) is 16.7 Å². The van der Waals surface area contributed by atoms with Crippen LogP contribution in [0, 0.1) is 0 Å². The summed E-state index contributed by atoms with van der Waals surface area (Å²) in [6.45, 7) is 11.3. The molecule has 2 aromatic carbocycles. The fraction of sp³-hybridized carbons (Fsp3) is 0.690. The molecule has 0 saturated heterocycles. The molecular formula is C58H93Cl2N3O5S. The molecule has 0 aliphatic carbocycles. The molecule has 2 N–H and O–H groups in total. The van der Waals surface area contributed by atoms with Crippen LogP contribution in [0.5, 0.6) is 5.88 Å². The monoisotopic (exact) mass is 1010 g/mol. The Bertz CT molecular complexity index is 1890. The second-order valence-electron chi connectivity index (χ2n) is 19.7. The molecule has 69 heavy (non-hydrogen) atoms. The summed E-state index contributed by atoms with van der Waals surface area (Å²) >= 11 is 12.0. The summed E-state index contributed by atoms with van der Waals surface area (Å²) in [5.74, 6) is -1.01. The molecule has 0 unspecified atom stereocenters. The van der Waals surface area contributed by atoms with Gasteiger partial charge in [-0.05, 0) is 81.6 Å². The Morgan fingerprint density at radius 3 is 1.20 bits per heavy atom. The second kappa shape index (κ2) is 37.1. The Morgan fingerprint density at radius 1 is 0.493 bits per heavy atom. The molecular weight excluding hydrogens is 922 g/mol. The van der Waals surface area contributed by atoms with Crippen molar-refractivity contribution in [1.82, 2.24) is 9.47 Å². The number of nitrogens with zero attached hydrogens (tertiary/aromatic N) is 3. The lowest BCUT2D eigenvalue weighted by Crippen LogP contribution is -2.27. The average Bonchev–Trinajstić information content (AvgIpc) is 3.82. The first kappa shape index (κ1) is 60.6. The number of aromatic hydroxyl groups is 1. The summed E-state index contributed by atoms with van der Waals surface area (Å²) in [6, 6.07) is 13.6. The number of benzene rings is 2. The summed E-state index contributed by atoms with van der Waals surface area (Å²) in [4.78, 5) is 19.9. The fourth-order valence-corrected chi connectivity index (χ4v) is 10.4. The highest BCUT2D eigenvalue weighted by Crippen LogP contribution is 2.41. The maximum absolute atomic E-state index is 12.9. The van der Waals surface area contributed by atoms with Crippen molar-refractivity contribution in [3.63, 3.8) is 0 Å². The van der Waals surface area contributed by atoms with Gasteiger partial charge in [0, 0.05) is 22.2 Å². The highest BCUT2D eigenvalue weighted by atomic mass is 35.5. The van der Waals surface area contributed by atoms with Crippen molar-refractivity contribution in [3.05, 3.63) is 75.3 Å². The van der Waals surface area contributed by atoms with Crippen LogP contribution >= 0.6 is 23.2 Å². The van der Waals surface area contributed by atoms with E-state index in [4.69, 9.17) is 27.8 Å². The molecule has 0 saturated carbocycles. The zero-order chi connectivity index (χ0) is 50.0. The minimum absolute atomic E-state index is 0.142. The van der Waals surface area contributed by atoms with Crippen LogP contribution in [0.3, 0.4) is 0 Å². The third kappa shape index (κ3) is 25.5. The minimum Gasteiger partial charge on any atom is -0.494 e. The molecule has 0 bridgehead atoms. The number of carbonyl (C=O) groups excluding carboxylic acids is 1. The van der Waals surface area contributed by atoms with Crippen LogP contribution < -0.4 is 0 Å². The Hall–Kier alpha value is -2.69. The molecule has 390 valence electrons. The molecule has 1 aliphatic rings. The van der Waals surface area contributed by atoms with Gasteiger partial charge in [0.15, 0.2) is 0 Å². The van der Waals surface area contributed by atoms with Crippen molar-refractivity contribution in [1.29, 1.82) is 0 Å². The number of halogens is 2.